The molecule has 0 saturated heterocycles. The van der Waals surface area contributed by atoms with Gasteiger partial charge in [-0.25, -0.2) is 0 Å². The molecule has 0 fully saturated rings. The Morgan fingerprint density at radius 1 is 1.20 bits per heavy atom. The highest BCUT2D eigenvalue weighted by atomic mass is 79.9. The summed E-state index contributed by atoms with van der Waals surface area (Å²) in [5.41, 5.74) is 7.25. The van der Waals surface area contributed by atoms with E-state index in [2.05, 4.69) is 37.0 Å². The third-order valence-corrected chi connectivity index (χ3v) is 4.25. The first-order valence-electron chi connectivity index (χ1n) is 5.73. The van der Waals surface area contributed by atoms with Gasteiger partial charge in [-0.2, -0.15) is 0 Å². The maximum atomic E-state index is 8.86. The molecule has 4 nitrogen and oxygen atoms in total. The molecule has 0 unspecified atom stereocenters. The van der Waals surface area contributed by atoms with Crippen LogP contribution in [-0.4, -0.2) is 11.0 Å². The number of nitrogens with two attached hydrogens (primary N) is 1. The molecule has 0 radical (unpaired) electrons. The third-order valence-electron chi connectivity index (χ3n) is 2.70. The Morgan fingerprint density at radius 2 is 1.95 bits per heavy atom. The standard InChI is InChI=1S/C14H12Br2N2O2/c1-8-7-9(5-6-10(8)15)20-12-4-2-3-11(16)13(12)14(17)18-19/h2-7,19H,1H3,(H2,17,18). The summed E-state index contributed by atoms with van der Waals surface area (Å²) in [6, 6.07) is 11.0. The van der Waals surface area contributed by atoms with Crippen LogP contribution in [0.25, 0.3) is 0 Å². The largest absolute Gasteiger partial charge is 0.457 e. The van der Waals surface area contributed by atoms with E-state index in [1.165, 1.54) is 0 Å². The van der Waals surface area contributed by atoms with Crippen molar-refractivity contribution in [2.75, 3.05) is 0 Å². The third kappa shape index (κ3) is 3.13. The van der Waals surface area contributed by atoms with E-state index in [0.29, 0.717) is 21.5 Å². The van der Waals surface area contributed by atoms with Crippen LogP contribution in [0, 0.1) is 6.92 Å². The highest BCUT2D eigenvalue weighted by Gasteiger charge is 2.13. The van der Waals surface area contributed by atoms with Crippen LogP contribution in [0.1, 0.15) is 11.1 Å². The van der Waals surface area contributed by atoms with Crippen molar-refractivity contribution in [1.82, 2.24) is 0 Å². The molecule has 0 spiro atoms. The Kier molecular flexibility index (Phi) is 4.67. The van der Waals surface area contributed by atoms with Gasteiger partial charge < -0.3 is 15.7 Å². The average molecular weight is 400 g/mol. The molecule has 2 aromatic carbocycles. The van der Waals surface area contributed by atoms with Crippen molar-refractivity contribution in [2.24, 2.45) is 10.9 Å². The molecule has 104 valence electrons. The monoisotopic (exact) mass is 398 g/mol. The van der Waals surface area contributed by atoms with Gasteiger partial charge in [0.05, 0.1) is 5.56 Å². The molecule has 2 rings (SSSR count). The normalized spacial score (nSPS) is 11.4. The number of hydrogen-bond acceptors (Lipinski definition) is 3. The Hall–Kier alpha value is -1.53. The molecule has 0 atom stereocenters. The Labute approximate surface area is 133 Å². The molecule has 0 amide bonds. The molecule has 0 aromatic heterocycles. The molecule has 0 aliphatic heterocycles. The van der Waals surface area contributed by atoms with E-state index in [1.807, 2.05) is 31.2 Å². The van der Waals surface area contributed by atoms with Crippen LogP contribution in [0.4, 0.5) is 0 Å². The lowest BCUT2D eigenvalue weighted by Gasteiger charge is -2.12. The maximum Gasteiger partial charge on any atom is 0.175 e. The predicted molar refractivity (Wildman–Crippen MR) is 85.6 cm³/mol. The van der Waals surface area contributed by atoms with Gasteiger partial charge in [-0.15, -0.1) is 0 Å². The zero-order valence-electron chi connectivity index (χ0n) is 10.6. The van der Waals surface area contributed by atoms with Crippen LogP contribution in [-0.2, 0) is 0 Å². The number of amidine groups is 1. The topological polar surface area (TPSA) is 67.8 Å². The van der Waals surface area contributed by atoms with Gasteiger partial charge in [0, 0.05) is 8.95 Å². The van der Waals surface area contributed by atoms with Gasteiger partial charge in [0.25, 0.3) is 0 Å². The van der Waals surface area contributed by atoms with Gasteiger partial charge in [0.2, 0.25) is 0 Å². The van der Waals surface area contributed by atoms with Gasteiger partial charge in [-0.3, -0.25) is 0 Å². The summed E-state index contributed by atoms with van der Waals surface area (Å²) in [6.07, 6.45) is 0. The second kappa shape index (κ2) is 6.28. The quantitative estimate of drug-likeness (QED) is 0.347. The molecule has 0 aliphatic carbocycles. The van der Waals surface area contributed by atoms with Crippen LogP contribution in [0.5, 0.6) is 11.5 Å². The van der Waals surface area contributed by atoms with Gasteiger partial charge in [-0.1, -0.05) is 27.2 Å². The highest BCUT2D eigenvalue weighted by Crippen LogP contribution is 2.32. The van der Waals surface area contributed by atoms with Gasteiger partial charge in [0.1, 0.15) is 11.5 Å². The van der Waals surface area contributed by atoms with Gasteiger partial charge >= 0.3 is 0 Å². The lowest BCUT2D eigenvalue weighted by Crippen LogP contribution is -2.15. The van der Waals surface area contributed by atoms with Crippen LogP contribution in [0.15, 0.2) is 50.5 Å². The minimum Gasteiger partial charge on any atom is -0.457 e. The fourth-order valence-electron chi connectivity index (χ4n) is 1.70. The van der Waals surface area contributed by atoms with Crippen molar-refractivity contribution in [3.05, 3.63) is 56.5 Å². The van der Waals surface area contributed by atoms with Crippen LogP contribution in [0.2, 0.25) is 0 Å². The van der Waals surface area contributed by atoms with E-state index in [0.717, 1.165) is 10.0 Å². The molecule has 2 aromatic rings. The van der Waals surface area contributed by atoms with E-state index in [-0.39, 0.29) is 5.84 Å². The Morgan fingerprint density at radius 3 is 2.60 bits per heavy atom. The molecule has 3 N–H and O–H groups in total. The number of nitrogens with zero attached hydrogens (tertiary/aromatic N) is 1. The first kappa shape index (κ1) is 14.9. The van der Waals surface area contributed by atoms with Gasteiger partial charge in [-0.05, 0) is 58.7 Å². The predicted octanol–water partition coefficient (Wildman–Crippen LogP) is 4.41. The molecule has 6 heteroatoms. The molecule has 0 saturated carbocycles. The van der Waals surface area contributed by atoms with E-state index in [1.54, 1.807) is 12.1 Å². The number of aryl methyl sites for hydroxylation is 1. The second-order valence-electron chi connectivity index (χ2n) is 4.11. The fraction of sp³-hybridized carbons (Fsp3) is 0.0714. The summed E-state index contributed by atoms with van der Waals surface area (Å²) in [5.74, 6) is 1.17. The lowest BCUT2D eigenvalue weighted by molar-refractivity contribution is 0.318. The molecular weight excluding hydrogens is 388 g/mol. The summed E-state index contributed by atoms with van der Waals surface area (Å²) in [6.45, 7) is 1.97. The van der Waals surface area contributed by atoms with Crippen molar-refractivity contribution in [3.8, 4) is 11.5 Å². The highest BCUT2D eigenvalue weighted by molar-refractivity contribution is 9.10. The van der Waals surface area contributed by atoms with Gasteiger partial charge in [0.15, 0.2) is 5.84 Å². The number of rotatable bonds is 3. The zero-order valence-corrected chi connectivity index (χ0v) is 13.8. The first-order chi connectivity index (χ1) is 9.52. The summed E-state index contributed by atoms with van der Waals surface area (Å²) < 4.78 is 7.53. The minimum atomic E-state index is -0.0127. The second-order valence-corrected chi connectivity index (χ2v) is 5.82. The maximum absolute atomic E-state index is 8.86. The van der Waals surface area contributed by atoms with Crippen LogP contribution < -0.4 is 10.5 Å². The van der Waals surface area contributed by atoms with Crippen molar-refractivity contribution >= 4 is 37.7 Å². The van der Waals surface area contributed by atoms with Crippen molar-refractivity contribution < 1.29 is 9.94 Å². The van der Waals surface area contributed by atoms with Crippen molar-refractivity contribution in [3.63, 3.8) is 0 Å². The fourth-order valence-corrected chi connectivity index (χ4v) is 2.49. The number of halogens is 2. The van der Waals surface area contributed by atoms with E-state index < -0.39 is 0 Å². The molecular formula is C14H12Br2N2O2. The summed E-state index contributed by atoms with van der Waals surface area (Å²) in [4.78, 5) is 0. The molecule has 0 aliphatic rings. The number of oxime groups is 1. The summed E-state index contributed by atoms with van der Waals surface area (Å²) in [7, 11) is 0. The zero-order chi connectivity index (χ0) is 14.7. The summed E-state index contributed by atoms with van der Waals surface area (Å²) >= 11 is 6.81. The van der Waals surface area contributed by atoms with E-state index in [9.17, 15) is 0 Å². The Bertz CT molecular complexity index is 672. The first-order valence-corrected chi connectivity index (χ1v) is 7.32. The van der Waals surface area contributed by atoms with Crippen molar-refractivity contribution in [2.45, 2.75) is 6.92 Å². The lowest BCUT2D eigenvalue weighted by atomic mass is 10.2. The van der Waals surface area contributed by atoms with E-state index >= 15 is 0 Å². The average Bonchev–Trinajstić information content (AvgIpc) is 2.42. The SMILES string of the molecule is Cc1cc(Oc2cccc(Br)c2/C(N)=N/O)ccc1Br. The molecule has 20 heavy (non-hydrogen) atoms. The molecule has 0 heterocycles. The molecule has 0 bridgehead atoms. The Balaban J connectivity index is 2.43. The number of hydrogen-bond donors (Lipinski definition) is 2. The van der Waals surface area contributed by atoms with E-state index in [4.69, 9.17) is 15.7 Å². The van der Waals surface area contributed by atoms with Crippen molar-refractivity contribution in [1.29, 1.82) is 0 Å². The van der Waals surface area contributed by atoms with Crippen LogP contribution in [0.3, 0.4) is 0 Å². The van der Waals surface area contributed by atoms with Crippen LogP contribution >= 0.6 is 31.9 Å². The number of benzene rings is 2. The minimum absolute atomic E-state index is 0.0127. The summed E-state index contributed by atoms with van der Waals surface area (Å²) in [5, 5.41) is 11.9. The smallest absolute Gasteiger partial charge is 0.175 e. The number of ether oxygens (including phenoxy) is 1.